The van der Waals surface area contributed by atoms with Crippen LogP contribution in [-0.2, 0) is 0 Å². The highest BCUT2D eigenvalue weighted by molar-refractivity contribution is 5.71. The molecular weight excluding hydrogens is 156 g/mol. The third-order valence-corrected chi connectivity index (χ3v) is 2.65. The van der Waals surface area contributed by atoms with Crippen LogP contribution < -0.4 is 0 Å². The molecule has 2 rings (SSSR count). The molecule has 0 heteroatoms. The highest BCUT2D eigenvalue weighted by atomic mass is 14.1. The van der Waals surface area contributed by atoms with Gasteiger partial charge in [-0.25, -0.2) is 0 Å². The number of hydrogen-bond acceptors (Lipinski definition) is 0. The average molecular weight is 170 g/mol. The first kappa shape index (κ1) is 8.31. The molecule has 0 amide bonds. The number of rotatable bonds is 1. The van der Waals surface area contributed by atoms with Crippen molar-refractivity contribution in [2.75, 3.05) is 0 Å². The molecule has 1 aliphatic carbocycles. The molecule has 0 fully saturated rings. The van der Waals surface area contributed by atoms with Crippen LogP contribution in [0, 0.1) is 13.8 Å². The molecule has 0 N–H and O–H groups in total. The predicted octanol–water partition coefficient (Wildman–Crippen LogP) is 3.65. The van der Waals surface area contributed by atoms with E-state index in [1.165, 1.54) is 22.3 Å². The summed E-state index contributed by atoms with van der Waals surface area (Å²) in [6, 6.07) is 6.68. The molecule has 66 valence electrons. The van der Waals surface area contributed by atoms with Crippen LogP contribution in [0.15, 0.2) is 36.4 Å². The van der Waals surface area contributed by atoms with Crippen LogP contribution in [0.2, 0.25) is 0 Å². The molecule has 0 spiro atoms. The first-order valence-corrected chi connectivity index (χ1v) is 4.71. The molecule has 0 unspecified atom stereocenters. The van der Waals surface area contributed by atoms with E-state index in [0.29, 0.717) is 0 Å². The molecule has 0 saturated heterocycles. The van der Waals surface area contributed by atoms with Crippen LogP contribution in [-0.4, -0.2) is 0 Å². The Kier molecular flexibility index (Phi) is 2.05. The number of aryl methyl sites for hydroxylation is 2. The van der Waals surface area contributed by atoms with E-state index < -0.39 is 0 Å². The van der Waals surface area contributed by atoms with Crippen LogP contribution in [0.3, 0.4) is 0 Å². The number of allylic oxidation sites excluding steroid dienone is 4. The molecule has 13 heavy (non-hydrogen) atoms. The molecule has 1 aromatic rings. The third kappa shape index (κ3) is 1.57. The van der Waals surface area contributed by atoms with Gasteiger partial charge in [0, 0.05) is 0 Å². The van der Waals surface area contributed by atoms with Crippen LogP contribution in [0.25, 0.3) is 5.57 Å². The van der Waals surface area contributed by atoms with Gasteiger partial charge in [0.2, 0.25) is 0 Å². The molecule has 1 aliphatic rings. The van der Waals surface area contributed by atoms with E-state index in [1.54, 1.807) is 0 Å². The molecule has 1 aromatic carbocycles. The zero-order chi connectivity index (χ0) is 9.26. The molecular formula is C13H14. The van der Waals surface area contributed by atoms with Crippen LogP contribution in [0.5, 0.6) is 0 Å². The number of hydrogen-bond donors (Lipinski definition) is 0. The summed E-state index contributed by atoms with van der Waals surface area (Å²) in [5.74, 6) is 0. The second kappa shape index (κ2) is 3.21. The van der Waals surface area contributed by atoms with Crippen molar-refractivity contribution in [2.24, 2.45) is 0 Å². The van der Waals surface area contributed by atoms with Gasteiger partial charge in [0.25, 0.3) is 0 Å². The fourth-order valence-corrected chi connectivity index (χ4v) is 1.60. The SMILES string of the molecule is Cc1ccc(C2=CC=CC2)cc1C. The minimum atomic E-state index is 1.09. The molecule has 0 aromatic heterocycles. The van der Waals surface area contributed by atoms with E-state index in [9.17, 15) is 0 Å². The Bertz CT molecular complexity index is 381. The third-order valence-electron chi connectivity index (χ3n) is 2.65. The van der Waals surface area contributed by atoms with Gasteiger partial charge < -0.3 is 0 Å². The van der Waals surface area contributed by atoms with E-state index in [0.717, 1.165) is 6.42 Å². The predicted molar refractivity (Wildman–Crippen MR) is 57.7 cm³/mol. The lowest BCUT2D eigenvalue weighted by molar-refractivity contribution is 1.31. The topological polar surface area (TPSA) is 0 Å². The van der Waals surface area contributed by atoms with E-state index >= 15 is 0 Å². The summed E-state index contributed by atoms with van der Waals surface area (Å²) < 4.78 is 0. The second-order valence-corrected chi connectivity index (χ2v) is 3.62. The minimum Gasteiger partial charge on any atom is -0.0801 e. The molecule has 0 radical (unpaired) electrons. The Morgan fingerprint density at radius 3 is 2.54 bits per heavy atom. The Morgan fingerprint density at radius 2 is 1.92 bits per heavy atom. The zero-order valence-electron chi connectivity index (χ0n) is 8.17. The zero-order valence-corrected chi connectivity index (χ0v) is 8.17. The average Bonchev–Trinajstić information content (AvgIpc) is 2.62. The molecule has 0 saturated carbocycles. The summed E-state index contributed by atoms with van der Waals surface area (Å²) in [7, 11) is 0. The van der Waals surface area contributed by atoms with Crippen molar-refractivity contribution in [2.45, 2.75) is 20.3 Å². The van der Waals surface area contributed by atoms with Gasteiger partial charge in [0.1, 0.15) is 0 Å². The maximum Gasteiger partial charge on any atom is -0.00884 e. The molecule has 0 bridgehead atoms. The van der Waals surface area contributed by atoms with Gasteiger partial charge in [-0.2, -0.15) is 0 Å². The Balaban J connectivity index is 2.37. The first-order valence-electron chi connectivity index (χ1n) is 4.71. The van der Waals surface area contributed by atoms with Gasteiger partial charge in [-0.05, 0) is 42.5 Å². The van der Waals surface area contributed by atoms with Crippen molar-refractivity contribution in [3.8, 4) is 0 Å². The Morgan fingerprint density at radius 1 is 1.08 bits per heavy atom. The summed E-state index contributed by atoms with van der Waals surface area (Å²) in [4.78, 5) is 0. The standard InChI is InChI=1S/C13H14/c1-10-7-8-13(9-11(10)2)12-5-3-4-6-12/h3-5,7-9H,6H2,1-2H3. The summed E-state index contributed by atoms with van der Waals surface area (Å²) in [5, 5.41) is 0. The Hall–Kier alpha value is -1.30. The maximum absolute atomic E-state index is 2.27. The van der Waals surface area contributed by atoms with Crippen molar-refractivity contribution in [3.63, 3.8) is 0 Å². The fraction of sp³-hybridized carbons (Fsp3) is 0.231. The summed E-state index contributed by atoms with van der Waals surface area (Å²) in [6.07, 6.45) is 7.61. The normalized spacial score (nSPS) is 14.8. The summed E-state index contributed by atoms with van der Waals surface area (Å²) in [5.41, 5.74) is 5.55. The second-order valence-electron chi connectivity index (χ2n) is 3.62. The smallest absolute Gasteiger partial charge is 0.00884 e. The van der Waals surface area contributed by atoms with Crippen molar-refractivity contribution in [1.29, 1.82) is 0 Å². The van der Waals surface area contributed by atoms with Crippen molar-refractivity contribution >= 4 is 5.57 Å². The van der Waals surface area contributed by atoms with Crippen molar-refractivity contribution < 1.29 is 0 Å². The lowest BCUT2D eigenvalue weighted by Crippen LogP contribution is -1.85. The number of benzene rings is 1. The van der Waals surface area contributed by atoms with E-state index in [1.807, 2.05) is 0 Å². The van der Waals surface area contributed by atoms with Crippen LogP contribution >= 0.6 is 0 Å². The van der Waals surface area contributed by atoms with Crippen molar-refractivity contribution in [1.82, 2.24) is 0 Å². The van der Waals surface area contributed by atoms with E-state index in [-0.39, 0.29) is 0 Å². The van der Waals surface area contributed by atoms with Crippen molar-refractivity contribution in [3.05, 3.63) is 53.1 Å². The highest BCUT2D eigenvalue weighted by Crippen LogP contribution is 2.24. The Labute approximate surface area is 79.6 Å². The molecule has 0 heterocycles. The molecule has 0 atom stereocenters. The molecule has 0 nitrogen and oxygen atoms in total. The van der Waals surface area contributed by atoms with Gasteiger partial charge >= 0.3 is 0 Å². The van der Waals surface area contributed by atoms with Crippen LogP contribution in [0.1, 0.15) is 23.1 Å². The van der Waals surface area contributed by atoms with Gasteiger partial charge in [-0.1, -0.05) is 36.4 Å². The monoisotopic (exact) mass is 170 g/mol. The van der Waals surface area contributed by atoms with Gasteiger partial charge in [0.05, 0.1) is 0 Å². The van der Waals surface area contributed by atoms with E-state index in [2.05, 4.69) is 50.3 Å². The molecule has 0 aliphatic heterocycles. The lowest BCUT2D eigenvalue weighted by atomic mass is 10.0. The minimum absolute atomic E-state index is 1.09. The van der Waals surface area contributed by atoms with Gasteiger partial charge in [-0.15, -0.1) is 0 Å². The van der Waals surface area contributed by atoms with E-state index in [4.69, 9.17) is 0 Å². The quantitative estimate of drug-likeness (QED) is 0.603. The summed E-state index contributed by atoms with van der Waals surface area (Å²) >= 11 is 0. The first-order chi connectivity index (χ1) is 6.27. The lowest BCUT2D eigenvalue weighted by Gasteiger charge is -2.05. The largest absolute Gasteiger partial charge is 0.0801 e. The van der Waals surface area contributed by atoms with Crippen LogP contribution in [0.4, 0.5) is 0 Å². The maximum atomic E-state index is 2.27. The fourth-order valence-electron chi connectivity index (χ4n) is 1.60. The summed E-state index contributed by atoms with van der Waals surface area (Å²) in [6.45, 7) is 4.32. The van der Waals surface area contributed by atoms with Gasteiger partial charge in [0.15, 0.2) is 0 Å². The highest BCUT2D eigenvalue weighted by Gasteiger charge is 2.03. The van der Waals surface area contributed by atoms with Gasteiger partial charge in [-0.3, -0.25) is 0 Å².